The Morgan fingerprint density at radius 2 is 2.19 bits per heavy atom. The van der Waals surface area contributed by atoms with E-state index >= 15 is 0 Å². The first kappa shape index (κ1) is 21.8. The summed E-state index contributed by atoms with van der Waals surface area (Å²) < 4.78 is 6.29. The summed E-state index contributed by atoms with van der Waals surface area (Å²) in [5.74, 6) is 0.420. The average molecular weight is 428 g/mol. The Morgan fingerprint density at radius 1 is 1.42 bits per heavy atom. The highest BCUT2D eigenvalue weighted by molar-refractivity contribution is 5.97. The lowest BCUT2D eigenvalue weighted by Gasteiger charge is -2.37. The normalized spacial score (nSPS) is 24.6. The molecule has 7 heteroatoms. The molecule has 3 atom stereocenters. The first-order valence-electron chi connectivity index (χ1n) is 11.4. The molecular weight excluding hydrogens is 394 g/mol. The molecule has 3 aliphatic rings. The SMILES string of the molecule is C[C@@H]1CN([C@@H](C)CO)C(=O)c2cc(C3=CCCC3)cnc2O[C@H]1CN(C)C(=O)C1CC1. The third-order valence-electron chi connectivity index (χ3n) is 6.69. The first-order chi connectivity index (χ1) is 14.9. The van der Waals surface area contributed by atoms with Crippen LogP contribution in [0, 0.1) is 11.8 Å². The van der Waals surface area contributed by atoms with E-state index in [0.717, 1.165) is 37.7 Å². The van der Waals surface area contributed by atoms with Crippen molar-refractivity contribution in [3.05, 3.63) is 29.5 Å². The largest absolute Gasteiger partial charge is 0.472 e. The maximum absolute atomic E-state index is 13.4. The van der Waals surface area contributed by atoms with Crippen LogP contribution in [-0.4, -0.2) is 70.6 Å². The van der Waals surface area contributed by atoms with Crippen LogP contribution in [0.25, 0.3) is 5.57 Å². The van der Waals surface area contributed by atoms with Crippen molar-refractivity contribution in [1.29, 1.82) is 0 Å². The number of nitrogens with zero attached hydrogens (tertiary/aromatic N) is 3. The Morgan fingerprint density at radius 3 is 2.84 bits per heavy atom. The van der Waals surface area contributed by atoms with Crippen molar-refractivity contribution >= 4 is 17.4 Å². The molecule has 0 unspecified atom stereocenters. The number of fused-ring (bicyclic) bond motifs is 1. The molecule has 168 valence electrons. The second-order valence-corrected chi connectivity index (χ2v) is 9.31. The third-order valence-corrected chi connectivity index (χ3v) is 6.69. The van der Waals surface area contributed by atoms with Gasteiger partial charge in [0.1, 0.15) is 11.7 Å². The highest BCUT2D eigenvalue weighted by Crippen LogP contribution is 2.33. The van der Waals surface area contributed by atoms with Gasteiger partial charge in [0.2, 0.25) is 11.8 Å². The average Bonchev–Trinajstić information content (AvgIpc) is 3.48. The molecule has 2 heterocycles. The van der Waals surface area contributed by atoms with E-state index in [4.69, 9.17) is 4.74 Å². The van der Waals surface area contributed by atoms with Gasteiger partial charge in [-0.05, 0) is 56.2 Å². The Kier molecular flexibility index (Phi) is 6.32. The van der Waals surface area contributed by atoms with Crippen molar-refractivity contribution in [2.24, 2.45) is 11.8 Å². The molecule has 0 spiro atoms. The zero-order valence-corrected chi connectivity index (χ0v) is 18.7. The summed E-state index contributed by atoms with van der Waals surface area (Å²) in [6, 6.07) is 1.56. The van der Waals surface area contributed by atoms with Gasteiger partial charge in [-0.1, -0.05) is 13.0 Å². The molecule has 31 heavy (non-hydrogen) atoms. The van der Waals surface area contributed by atoms with Crippen LogP contribution in [-0.2, 0) is 4.79 Å². The lowest BCUT2D eigenvalue weighted by Crippen LogP contribution is -2.50. The minimum Gasteiger partial charge on any atom is -0.472 e. The Labute approximate surface area is 184 Å². The number of aliphatic hydroxyl groups is 1. The molecule has 2 amide bonds. The number of likely N-dealkylation sites (N-methyl/N-ethyl adjacent to an activating group) is 1. The smallest absolute Gasteiger partial charge is 0.259 e. The van der Waals surface area contributed by atoms with E-state index < -0.39 is 0 Å². The van der Waals surface area contributed by atoms with Gasteiger partial charge < -0.3 is 19.6 Å². The number of ether oxygens (including phenoxy) is 1. The van der Waals surface area contributed by atoms with Crippen molar-refractivity contribution in [2.75, 3.05) is 26.7 Å². The van der Waals surface area contributed by atoms with Gasteiger partial charge in [-0.2, -0.15) is 0 Å². The number of allylic oxidation sites excluding steroid dienone is 2. The molecule has 1 N–H and O–H groups in total. The van der Waals surface area contributed by atoms with Crippen molar-refractivity contribution in [3.63, 3.8) is 0 Å². The van der Waals surface area contributed by atoms with Crippen LogP contribution in [0.2, 0.25) is 0 Å². The number of rotatable bonds is 6. The van der Waals surface area contributed by atoms with Gasteiger partial charge in [0.15, 0.2) is 0 Å². The summed E-state index contributed by atoms with van der Waals surface area (Å²) in [5, 5.41) is 9.78. The second kappa shape index (κ2) is 8.99. The van der Waals surface area contributed by atoms with Gasteiger partial charge in [-0.15, -0.1) is 0 Å². The molecule has 1 aliphatic heterocycles. The van der Waals surface area contributed by atoms with E-state index in [-0.39, 0.29) is 42.4 Å². The number of hydrogen-bond donors (Lipinski definition) is 1. The number of carbonyl (C=O) groups is 2. The fraction of sp³-hybridized carbons (Fsp3) is 0.625. The van der Waals surface area contributed by atoms with E-state index in [2.05, 4.69) is 11.1 Å². The predicted octanol–water partition coefficient (Wildman–Crippen LogP) is 2.74. The molecule has 4 rings (SSSR count). The van der Waals surface area contributed by atoms with Crippen molar-refractivity contribution in [1.82, 2.24) is 14.8 Å². The molecule has 0 aromatic carbocycles. The van der Waals surface area contributed by atoms with Crippen LogP contribution in [0.15, 0.2) is 18.3 Å². The molecule has 0 radical (unpaired) electrons. The van der Waals surface area contributed by atoms with Crippen molar-refractivity contribution in [3.8, 4) is 5.88 Å². The quantitative estimate of drug-likeness (QED) is 0.755. The Hall–Kier alpha value is -2.41. The summed E-state index contributed by atoms with van der Waals surface area (Å²) in [6.45, 7) is 4.65. The molecule has 1 aromatic rings. The van der Waals surface area contributed by atoms with Gasteiger partial charge in [0.05, 0.1) is 19.2 Å². The second-order valence-electron chi connectivity index (χ2n) is 9.31. The van der Waals surface area contributed by atoms with Gasteiger partial charge in [-0.25, -0.2) is 4.98 Å². The highest BCUT2D eigenvalue weighted by Gasteiger charge is 2.37. The molecule has 2 aliphatic carbocycles. The monoisotopic (exact) mass is 427 g/mol. The number of amides is 2. The molecular formula is C24H33N3O4. The van der Waals surface area contributed by atoms with Crippen LogP contribution in [0.4, 0.5) is 0 Å². The summed E-state index contributed by atoms with van der Waals surface area (Å²) in [5.41, 5.74) is 2.60. The number of aromatic nitrogens is 1. The summed E-state index contributed by atoms with van der Waals surface area (Å²) in [4.78, 5) is 34.0. The molecule has 1 saturated carbocycles. The first-order valence-corrected chi connectivity index (χ1v) is 11.4. The minimum absolute atomic E-state index is 0.0282. The summed E-state index contributed by atoms with van der Waals surface area (Å²) in [7, 11) is 1.82. The van der Waals surface area contributed by atoms with Gasteiger partial charge >= 0.3 is 0 Å². The van der Waals surface area contributed by atoms with E-state index in [9.17, 15) is 14.7 Å². The maximum atomic E-state index is 13.4. The topological polar surface area (TPSA) is 83.0 Å². The fourth-order valence-electron chi connectivity index (χ4n) is 4.43. The van der Waals surface area contributed by atoms with Crippen LogP contribution >= 0.6 is 0 Å². The number of carbonyl (C=O) groups excluding carboxylic acids is 2. The summed E-state index contributed by atoms with van der Waals surface area (Å²) in [6.07, 6.45) is 8.77. The Balaban J connectivity index is 1.66. The van der Waals surface area contributed by atoms with E-state index in [1.165, 1.54) is 5.57 Å². The van der Waals surface area contributed by atoms with Gasteiger partial charge in [-0.3, -0.25) is 9.59 Å². The van der Waals surface area contributed by atoms with Crippen LogP contribution in [0.3, 0.4) is 0 Å². The molecule has 7 nitrogen and oxygen atoms in total. The fourth-order valence-corrected chi connectivity index (χ4v) is 4.43. The highest BCUT2D eigenvalue weighted by atomic mass is 16.5. The zero-order chi connectivity index (χ0) is 22.1. The van der Waals surface area contributed by atoms with E-state index in [1.54, 1.807) is 16.0 Å². The van der Waals surface area contributed by atoms with E-state index in [0.29, 0.717) is 24.5 Å². The van der Waals surface area contributed by atoms with Crippen LogP contribution < -0.4 is 4.74 Å². The zero-order valence-electron chi connectivity index (χ0n) is 18.7. The molecule has 0 bridgehead atoms. The number of hydrogen-bond acceptors (Lipinski definition) is 5. The van der Waals surface area contributed by atoms with Crippen LogP contribution in [0.5, 0.6) is 5.88 Å². The van der Waals surface area contributed by atoms with Crippen molar-refractivity contribution < 1.29 is 19.4 Å². The Bertz CT molecular complexity index is 880. The van der Waals surface area contributed by atoms with Gasteiger partial charge in [0, 0.05) is 31.6 Å². The lowest BCUT2D eigenvalue weighted by atomic mass is 9.99. The molecule has 1 fully saturated rings. The molecule has 1 aromatic heterocycles. The summed E-state index contributed by atoms with van der Waals surface area (Å²) >= 11 is 0. The predicted molar refractivity (Wildman–Crippen MR) is 118 cm³/mol. The lowest BCUT2D eigenvalue weighted by molar-refractivity contribution is -0.132. The van der Waals surface area contributed by atoms with Gasteiger partial charge in [0.25, 0.3) is 5.91 Å². The molecule has 0 saturated heterocycles. The third kappa shape index (κ3) is 4.61. The standard InChI is InChI=1S/C24H33N3O4/c1-15-12-27(16(2)14-28)24(30)20-10-19(17-6-4-5-7-17)11-25-22(20)31-21(15)13-26(3)23(29)18-8-9-18/h6,10-11,15-16,18,21,28H,4-5,7-9,12-14H2,1-3H3/t15-,16+,21+/m1/s1. The maximum Gasteiger partial charge on any atom is 0.259 e. The number of pyridine rings is 1. The minimum atomic E-state index is -0.318. The van der Waals surface area contributed by atoms with E-state index in [1.807, 2.05) is 27.0 Å². The van der Waals surface area contributed by atoms with Crippen molar-refractivity contribution in [2.45, 2.75) is 58.1 Å². The van der Waals surface area contributed by atoms with Crippen LogP contribution in [0.1, 0.15) is 61.9 Å². The number of aliphatic hydroxyl groups excluding tert-OH is 1.